The van der Waals surface area contributed by atoms with Crippen LogP contribution in [-0.4, -0.2) is 57.5 Å². The zero-order valence-electron chi connectivity index (χ0n) is 20.5. The SMILES string of the molecule is CC(C)NC(=O)C(c1ccccc1O)N(C(=O)C(CCC(N)=O)NC(=O)OC(C)(C)C)C1CC1. The third-order valence-corrected chi connectivity index (χ3v) is 5.05. The van der Waals surface area contributed by atoms with Gasteiger partial charge in [-0.25, -0.2) is 4.79 Å². The standard InChI is InChI=1S/C24H36N4O6/c1-14(2)26-21(31)20(16-8-6-7-9-18(16)29)28(15-10-11-15)22(32)17(12-13-19(25)30)27-23(33)34-24(3,4)5/h6-9,14-15,17,20,29H,10-13H2,1-5H3,(H2,25,30)(H,26,31)(H,27,33). The number of carbonyl (C=O) groups is 4. The van der Waals surface area contributed by atoms with Crippen LogP contribution in [0.15, 0.2) is 24.3 Å². The third-order valence-electron chi connectivity index (χ3n) is 5.05. The van der Waals surface area contributed by atoms with E-state index in [1.165, 1.54) is 11.0 Å². The van der Waals surface area contributed by atoms with Crippen LogP contribution in [0.2, 0.25) is 0 Å². The second-order valence-electron chi connectivity index (χ2n) is 9.81. The van der Waals surface area contributed by atoms with Crippen LogP contribution >= 0.6 is 0 Å². The maximum atomic E-state index is 13.8. The molecule has 188 valence electrons. The molecule has 0 saturated heterocycles. The number of para-hydroxylation sites is 1. The second-order valence-corrected chi connectivity index (χ2v) is 9.81. The number of nitrogens with one attached hydrogen (secondary N) is 2. The van der Waals surface area contributed by atoms with Crippen LogP contribution in [0.1, 0.15) is 71.9 Å². The molecular formula is C24H36N4O6. The molecule has 1 aromatic carbocycles. The van der Waals surface area contributed by atoms with E-state index >= 15 is 0 Å². The zero-order chi connectivity index (χ0) is 25.6. The molecule has 1 aromatic rings. The van der Waals surface area contributed by atoms with Crippen molar-refractivity contribution in [2.24, 2.45) is 5.73 Å². The molecule has 0 aliphatic heterocycles. The lowest BCUT2D eigenvalue weighted by Gasteiger charge is -2.35. The minimum atomic E-state index is -1.15. The average Bonchev–Trinajstić information content (AvgIpc) is 3.52. The van der Waals surface area contributed by atoms with Crippen LogP contribution in [0, 0.1) is 0 Å². The Kier molecular flexibility index (Phi) is 8.89. The summed E-state index contributed by atoms with van der Waals surface area (Å²) in [5.41, 5.74) is 4.76. The summed E-state index contributed by atoms with van der Waals surface area (Å²) in [6.45, 7) is 8.65. The number of amides is 4. The van der Waals surface area contributed by atoms with Crippen molar-refractivity contribution < 1.29 is 29.0 Å². The largest absolute Gasteiger partial charge is 0.508 e. The molecule has 0 spiro atoms. The molecule has 1 aliphatic rings. The summed E-state index contributed by atoms with van der Waals surface area (Å²) >= 11 is 0. The van der Waals surface area contributed by atoms with Crippen molar-refractivity contribution in [2.75, 3.05) is 0 Å². The predicted molar refractivity (Wildman–Crippen MR) is 126 cm³/mol. The number of carbonyl (C=O) groups excluding carboxylic acids is 4. The maximum Gasteiger partial charge on any atom is 0.408 e. The molecule has 2 rings (SSSR count). The number of nitrogens with zero attached hydrogens (tertiary/aromatic N) is 1. The summed E-state index contributed by atoms with van der Waals surface area (Å²) in [6.07, 6.45) is 0.302. The van der Waals surface area contributed by atoms with Crippen molar-refractivity contribution in [2.45, 2.75) is 90.1 Å². The molecule has 0 aromatic heterocycles. The second kappa shape index (κ2) is 11.2. The quantitative estimate of drug-likeness (QED) is 0.406. The average molecular weight is 477 g/mol. The Morgan fingerprint density at radius 2 is 1.76 bits per heavy atom. The van der Waals surface area contributed by atoms with Gasteiger partial charge >= 0.3 is 6.09 Å². The number of nitrogens with two attached hydrogens (primary N) is 1. The Hall–Kier alpha value is -3.30. The monoisotopic (exact) mass is 476 g/mol. The van der Waals surface area contributed by atoms with E-state index in [2.05, 4.69) is 10.6 Å². The maximum absolute atomic E-state index is 13.8. The molecule has 0 heterocycles. The van der Waals surface area contributed by atoms with E-state index < -0.39 is 41.5 Å². The number of phenols is 1. The van der Waals surface area contributed by atoms with E-state index in [0.717, 1.165) is 0 Å². The fourth-order valence-corrected chi connectivity index (χ4v) is 3.54. The smallest absolute Gasteiger partial charge is 0.408 e. The number of primary amides is 1. The number of hydrogen-bond donors (Lipinski definition) is 4. The molecule has 1 saturated carbocycles. The van der Waals surface area contributed by atoms with Gasteiger partial charge in [-0.2, -0.15) is 0 Å². The Labute approximate surface area is 200 Å². The lowest BCUT2D eigenvalue weighted by Crippen LogP contribution is -2.54. The number of aromatic hydroxyl groups is 1. The van der Waals surface area contributed by atoms with E-state index in [1.807, 2.05) is 0 Å². The van der Waals surface area contributed by atoms with Crippen molar-refractivity contribution in [1.82, 2.24) is 15.5 Å². The van der Waals surface area contributed by atoms with Crippen LogP contribution in [-0.2, 0) is 19.1 Å². The summed E-state index contributed by atoms with van der Waals surface area (Å²) in [7, 11) is 0. The van der Waals surface area contributed by atoms with Gasteiger partial charge in [-0.05, 0) is 59.9 Å². The fraction of sp³-hybridized carbons (Fsp3) is 0.583. The predicted octanol–water partition coefficient (Wildman–Crippen LogP) is 2.11. The van der Waals surface area contributed by atoms with Gasteiger partial charge in [0.15, 0.2) is 0 Å². The van der Waals surface area contributed by atoms with Crippen molar-refractivity contribution in [1.29, 1.82) is 0 Å². The summed E-state index contributed by atoms with van der Waals surface area (Å²) in [6, 6.07) is 3.59. The molecule has 2 atom stereocenters. The molecule has 34 heavy (non-hydrogen) atoms. The molecule has 1 aliphatic carbocycles. The normalized spacial score (nSPS) is 15.2. The molecule has 10 heteroatoms. The van der Waals surface area contributed by atoms with E-state index in [9.17, 15) is 24.3 Å². The topological polar surface area (TPSA) is 151 Å². The number of alkyl carbamates (subject to hydrolysis) is 1. The van der Waals surface area contributed by atoms with Crippen molar-refractivity contribution in [3.63, 3.8) is 0 Å². The summed E-state index contributed by atoms with van der Waals surface area (Å²) < 4.78 is 5.29. The summed E-state index contributed by atoms with van der Waals surface area (Å²) in [4.78, 5) is 52.4. The van der Waals surface area contributed by atoms with Crippen molar-refractivity contribution in [3.05, 3.63) is 29.8 Å². The lowest BCUT2D eigenvalue weighted by molar-refractivity contribution is -0.143. The fourth-order valence-electron chi connectivity index (χ4n) is 3.54. The van der Waals surface area contributed by atoms with E-state index in [1.54, 1.807) is 52.8 Å². The van der Waals surface area contributed by atoms with E-state index in [4.69, 9.17) is 10.5 Å². The van der Waals surface area contributed by atoms with Crippen LogP contribution < -0.4 is 16.4 Å². The first-order chi connectivity index (χ1) is 15.8. The third kappa shape index (κ3) is 7.93. The highest BCUT2D eigenvalue weighted by atomic mass is 16.6. The first kappa shape index (κ1) is 26.9. The minimum Gasteiger partial charge on any atom is -0.508 e. The number of ether oxygens (including phenoxy) is 1. The Morgan fingerprint density at radius 1 is 1.15 bits per heavy atom. The molecule has 5 N–H and O–H groups in total. The van der Waals surface area contributed by atoms with Gasteiger partial charge < -0.3 is 31.1 Å². The van der Waals surface area contributed by atoms with E-state index in [-0.39, 0.29) is 36.2 Å². The van der Waals surface area contributed by atoms with Gasteiger partial charge in [-0.1, -0.05) is 18.2 Å². The van der Waals surface area contributed by atoms with Gasteiger partial charge in [0.25, 0.3) is 0 Å². The highest BCUT2D eigenvalue weighted by molar-refractivity contribution is 5.93. The molecular weight excluding hydrogens is 440 g/mol. The molecule has 10 nitrogen and oxygen atoms in total. The first-order valence-electron chi connectivity index (χ1n) is 11.5. The minimum absolute atomic E-state index is 0.0596. The highest BCUT2D eigenvalue weighted by Gasteiger charge is 2.44. The Balaban J connectivity index is 2.45. The van der Waals surface area contributed by atoms with Gasteiger partial charge in [0.2, 0.25) is 17.7 Å². The molecule has 0 bridgehead atoms. The highest BCUT2D eigenvalue weighted by Crippen LogP contribution is 2.38. The first-order valence-corrected chi connectivity index (χ1v) is 11.5. The van der Waals surface area contributed by atoms with Gasteiger partial charge in [-0.3, -0.25) is 14.4 Å². The Bertz CT molecular complexity index is 907. The van der Waals surface area contributed by atoms with Gasteiger partial charge in [0, 0.05) is 24.1 Å². The van der Waals surface area contributed by atoms with Crippen molar-refractivity contribution in [3.8, 4) is 5.75 Å². The van der Waals surface area contributed by atoms with Crippen LogP contribution in [0.4, 0.5) is 4.79 Å². The van der Waals surface area contributed by atoms with Crippen LogP contribution in [0.25, 0.3) is 0 Å². The molecule has 4 amide bonds. The van der Waals surface area contributed by atoms with Crippen molar-refractivity contribution >= 4 is 23.8 Å². The van der Waals surface area contributed by atoms with Gasteiger partial charge in [-0.15, -0.1) is 0 Å². The number of rotatable bonds is 10. The molecule has 0 radical (unpaired) electrons. The van der Waals surface area contributed by atoms with Gasteiger partial charge in [0.1, 0.15) is 23.4 Å². The molecule has 1 fully saturated rings. The van der Waals surface area contributed by atoms with E-state index in [0.29, 0.717) is 12.8 Å². The summed E-state index contributed by atoms with van der Waals surface area (Å²) in [5, 5.41) is 15.9. The number of benzene rings is 1. The van der Waals surface area contributed by atoms with Crippen LogP contribution in [0.5, 0.6) is 5.75 Å². The van der Waals surface area contributed by atoms with Crippen LogP contribution in [0.3, 0.4) is 0 Å². The Morgan fingerprint density at radius 3 is 2.26 bits per heavy atom. The summed E-state index contributed by atoms with van der Waals surface area (Å²) in [5.74, 6) is -1.76. The van der Waals surface area contributed by atoms with Gasteiger partial charge in [0.05, 0.1) is 0 Å². The zero-order valence-corrected chi connectivity index (χ0v) is 20.5. The molecule has 2 unspecified atom stereocenters. The number of hydrogen-bond acceptors (Lipinski definition) is 6. The lowest BCUT2D eigenvalue weighted by atomic mass is 10.00. The number of phenolic OH excluding ortho intramolecular Hbond substituents is 1.